The first kappa shape index (κ1) is 20.3. The zero-order chi connectivity index (χ0) is 20.9. The molecule has 1 aliphatic heterocycles. The minimum absolute atomic E-state index is 0.0249. The second-order valence-electron chi connectivity index (χ2n) is 6.70. The van der Waals surface area contributed by atoms with Crippen molar-refractivity contribution in [1.82, 2.24) is 15.0 Å². The number of thiazole rings is 1. The smallest absolute Gasteiger partial charge is 0.275 e. The minimum Gasteiger partial charge on any atom is -0.476 e. The fourth-order valence-corrected chi connectivity index (χ4v) is 3.86. The topological polar surface area (TPSA) is 86.2 Å². The maximum atomic E-state index is 14.0. The highest BCUT2D eigenvalue weighted by atomic mass is 32.1. The fourth-order valence-electron chi connectivity index (χ4n) is 3.01. The van der Waals surface area contributed by atoms with E-state index in [1.807, 2.05) is 0 Å². The Labute approximate surface area is 175 Å². The van der Waals surface area contributed by atoms with E-state index >= 15 is 0 Å². The van der Waals surface area contributed by atoms with E-state index in [0.29, 0.717) is 31.4 Å². The number of hydrogen-bond acceptors (Lipinski definition) is 7. The predicted octanol–water partition coefficient (Wildman–Crippen LogP) is 3.94. The Morgan fingerprint density at radius 3 is 2.80 bits per heavy atom. The highest BCUT2D eigenvalue weighted by molar-refractivity contribution is 7.13. The van der Waals surface area contributed by atoms with Crippen LogP contribution < -0.4 is 10.1 Å². The number of halogens is 2. The largest absolute Gasteiger partial charge is 0.476 e. The molecule has 1 aliphatic rings. The van der Waals surface area contributed by atoms with Crippen LogP contribution in [0.3, 0.4) is 0 Å². The third-order valence-corrected chi connectivity index (χ3v) is 5.49. The fraction of sp³-hybridized carbons (Fsp3) is 0.300. The molecule has 1 aromatic carbocycles. The van der Waals surface area contributed by atoms with Gasteiger partial charge in [-0.2, -0.15) is 4.98 Å². The Kier molecular flexibility index (Phi) is 6.24. The molecule has 1 amide bonds. The molecule has 0 unspecified atom stereocenters. The molecule has 0 spiro atoms. The molecule has 156 valence electrons. The van der Waals surface area contributed by atoms with Crippen LogP contribution in [-0.2, 0) is 4.74 Å². The number of ether oxygens (including phenoxy) is 2. The van der Waals surface area contributed by atoms with Gasteiger partial charge in [-0.25, -0.2) is 18.7 Å². The summed E-state index contributed by atoms with van der Waals surface area (Å²) in [7, 11) is 0. The molecule has 1 saturated heterocycles. The molecule has 0 atom stereocenters. The molecule has 0 saturated carbocycles. The van der Waals surface area contributed by atoms with Gasteiger partial charge in [0.15, 0.2) is 0 Å². The first-order valence-corrected chi connectivity index (χ1v) is 10.2. The summed E-state index contributed by atoms with van der Waals surface area (Å²) in [5.41, 5.74) is 0.0585. The molecule has 10 heteroatoms. The monoisotopic (exact) mass is 432 g/mol. The van der Waals surface area contributed by atoms with Crippen LogP contribution in [0, 0.1) is 17.6 Å². The van der Waals surface area contributed by atoms with Crippen molar-refractivity contribution in [3.05, 3.63) is 53.4 Å². The van der Waals surface area contributed by atoms with Gasteiger partial charge in [-0.3, -0.25) is 4.79 Å². The molecule has 4 rings (SSSR count). The number of carbonyl (C=O) groups excluding carboxylic acids is 1. The van der Waals surface area contributed by atoms with E-state index in [1.165, 1.54) is 24.0 Å². The second kappa shape index (κ2) is 9.23. The highest BCUT2D eigenvalue weighted by Gasteiger charge is 2.20. The normalized spacial score (nSPS) is 14.5. The standard InChI is InChI=1S/C20H18F2N4O3S/c21-13-2-1-3-14(22)17(13)20-26-16(10-30-20)18(27)25-15-8-23-11-24-19(15)29-9-12-4-6-28-7-5-12/h1-3,8,10-12H,4-7,9H2,(H,25,27). The summed E-state index contributed by atoms with van der Waals surface area (Å²) in [5.74, 6) is -1.43. The lowest BCUT2D eigenvalue weighted by Gasteiger charge is -2.22. The van der Waals surface area contributed by atoms with Gasteiger partial charge >= 0.3 is 0 Å². The third kappa shape index (κ3) is 4.60. The Bertz CT molecular complexity index is 1020. The summed E-state index contributed by atoms with van der Waals surface area (Å²) >= 11 is 0.977. The van der Waals surface area contributed by atoms with E-state index in [-0.39, 0.29) is 22.1 Å². The van der Waals surface area contributed by atoms with Crippen LogP contribution in [-0.4, -0.2) is 40.7 Å². The van der Waals surface area contributed by atoms with Gasteiger partial charge in [0.25, 0.3) is 5.91 Å². The Hall–Kier alpha value is -2.98. The number of benzene rings is 1. The molecule has 7 nitrogen and oxygen atoms in total. The zero-order valence-electron chi connectivity index (χ0n) is 15.8. The van der Waals surface area contributed by atoms with Crippen LogP contribution in [0.25, 0.3) is 10.6 Å². The molecule has 0 bridgehead atoms. The van der Waals surface area contributed by atoms with Gasteiger partial charge < -0.3 is 14.8 Å². The molecule has 0 aliphatic carbocycles. The number of nitrogens with one attached hydrogen (secondary N) is 1. The first-order chi connectivity index (χ1) is 14.6. The summed E-state index contributed by atoms with van der Waals surface area (Å²) < 4.78 is 39.1. The van der Waals surface area contributed by atoms with Crippen LogP contribution in [0.4, 0.5) is 14.5 Å². The summed E-state index contributed by atoms with van der Waals surface area (Å²) in [6, 6.07) is 3.55. The van der Waals surface area contributed by atoms with Crippen molar-refractivity contribution in [2.75, 3.05) is 25.1 Å². The number of rotatable bonds is 6. The van der Waals surface area contributed by atoms with Crippen LogP contribution >= 0.6 is 11.3 Å². The molecule has 3 aromatic rings. The Morgan fingerprint density at radius 1 is 1.27 bits per heavy atom. The average molecular weight is 432 g/mol. The van der Waals surface area contributed by atoms with Crippen molar-refractivity contribution in [2.24, 2.45) is 5.92 Å². The summed E-state index contributed by atoms with van der Waals surface area (Å²) in [6.45, 7) is 1.86. The molecule has 1 fully saturated rings. The predicted molar refractivity (Wildman–Crippen MR) is 106 cm³/mol. The summed E-state index contributed by atoms with van der Waals surface area (Å²) in [6.07, 6.45) is 4.56. The molecule has 30 heavy (non-hydrogen) atoms. The number of nitrogens with zero attached hydrogens (tertiary/aromatic N) is 3. The molecular weight excluding hydrogens is 414 g/mol. The lowest BCUT2D eigenvalue weighted by molar-refractivity contribution is 0.0491. The van der Waals surface area contributed by atoms with Crippen molar-refractivity contribution in [3.63, 3.8) is 0 Å². The molecule has 1 N–H and O–H groups in total. The van der Waals surface area contributed by atoms with Gasteiger partial charge in [0.05, 0.1) is 18.4 Å². The number of carbonyl (C=O) groups is 1. The van der Waals surface area contributed by atoms with Crippen LogP contribution in [0.5, 0.6) is 5.88 Å². The summed E-state index contributed by atoms with van der Waals surface area (Å²) in [4.78, 5) is 24.7. The van der Waals surface area contributed by atoms with Crippen molar-refractivity contribution in [3.8, 4) is 16.5 Å². The van der Waals surface area contributed by atoms with E-state index in [2.05, 4.69) is 20.3 Å². The molecule has 0 radical (unpaired) electrons. The van der Waals surface area contributed by atoms with Gasteiger partial charge in [0.1, 0.15) is 34.4 Å². The highest BCUT2D eigenvalue weighted by Crippen LogP contribution is 2.29. The van der Waals surface area contributed by atoms with Gasteiger partial charge in [0.2, 0.25) is 5.88 Å². The van der Waals surface area contributed by atoms with Gasteiger partial charge in [-0.15, -0.1) is 11.3 Å². The van der Waals surface area contributed by atoms with Crippen molar-refractivity contribution >= 4 is 22.9 Å². The number of aromatic nitrogens is 3. The quantitative estimate of drug-likeness (QED) is 0.635. The third-order valence-electron chi connectivity index (χ3n) is 4.63. The van der Waals surface area contributed by atoms with Gasteiger partial charge in [-0.05, 0) is 30.9 Å². The number of anilines is 1. The van der Waals surface area contributed by atoms with Crippen LogP contribution in [0.2, 0.25) is 0 Å². The lowest BCUT2D eigenvalue weighted by Crippen LogP contribution is -2.22. The second-order valence-corrected chi connectivity index (χ2v) is 7.56. The minimum atomic E-state index is -0.739. The van der Waals surface area contributed by atoms with Gasteiger partial charge in [-0.1, -0.05) is 6.07 Å². The zero-order valence-corrected chi connectivity index (χ0v) is 16.6. The van der Waals surface area contributed by atoms with E-state index < -0.39 is 17.5 Å². The van der Waals surface area contributed by atoms with E-state index in [4.69, 9.17) is 9.47 Å². The average Bonchev–Trinajstić information content (AvgIpc) is 3.24. The first-order valence-electron chi connectivity index (χ1n) is 9.33. The van der Waals surface area contributed by atoms with Crippen LogP contribution in [0.15, 0.2) is 36.1 Å². The lowest BCUT2D eigenvalue weighted by atomic mass is 10.0. The Balaban J connectivity index is 1.46. The maximum Gasteiger partial charge on any atom is 0.275 e. The van der Waals surface area contributed by atoms with Crippen molar-refractivity contribution in [1.29, 1.82) is 0 Å². The maximum absolute atomic E-state index is 14.0. The van der Waals surface area contributed by atoms with Crippen molar-refractivity contribution in [2.45, 2.75) is 12.8 Å². The SMILES string of the molecule is O=C(Nc1cncnc1OCC1CCOCC1)c1csc(-c2c(F)cccc2F)n1. The molecular formula is C20H18F2N4O3S. The van der Waals surface area contributed by atoms with Gasteiger partial charge in [0, 0.05) is 18.6 Å². The van der Waals surface area contributed by atoms with E-state index in [1.54, 1.807) is 0 Å². The Morgan fingerprint density at radius 2 is 2.03 bits per heavy atom. The number of amides is 1. The molecule has 2 aromatic heterocycles. The van der Waals surface area contributed by atoms with E-state index in [9.17, 15) is 13.6 Å². The molecule has 3 heterocycles. The number of hydrogen-bond donors (Lipinski definition) is 1. The summed E-state index contributed by atoms with van der Waals surface area (Å²) in [5, 5.41) is 4.16. The van der Waals surface area contributed by atoms with Crippen molar-refractivity contribution < 1.29 is 23.0 Å². The van der Waals surface area contributed by atoms with Crippen LogP contribution in [0.1, 0.15) is 23.3 Å². The van der Waals surface area contributed by atoms with E-state index in [0.717, 1.165) is 36.3 Å².